The first-order valence-corrected chi connectivity index (χ1v) is 18.6. The van der Waals surface area contributed by atoms with Crippen LogP contribution in [0.25, 0.3) is 0 Å². The van der Waals surface area contributed by atoms with Crippen LogP contribution in [0.4, 0.5) is 0 Å². The van der Waals surface area contributed by atoms with Gasteiger partial charge in [-0.15, -0.1) is 0 Å². The molecule has 0 aliphatic rings. The maximum Gasteiger partial charge on any atom is 0.306 e. The molecule has 0 aliphatic carbocycles. The van der Waals surface area contributed by atoms with Gasteiger partial charge in [0.15, 0.2) is 0 Å². The topological polar surface area (TPSA) is 55.8 Å². The third-order valence-corrected chi connectivity index (χ3v) is 7.94. The molecule has 0 fully saturated rings. The largest absolute Gasteiger partial charge is 0.457 e. The second-order valence-corrected chi connectivity index (χ2v) is 12.3. The number of esters is 1. The average molecular weight is 605 g/mol. The van der Waals surface area contributed by atoms with Crippen LogP contribution in [0.2, 0.25) is 0 Å². The van der Waals surface area contributed by atoms with E-state index in [9.17, 15) is 9.90 Å². The van der Waals surface area contributed by atoms with Crippen LogP contribution in [-0.2, 0) is 14.3 Å². The zero-order valence-corrected chi connectivity index (χ0v) is 28.7. The normalized spacial score (nSPS) is 12.7. The monoisotopic (exact) mass is 605 g/mol. The summed E-state index contributed by atoms with van der Waals surface area (Å²) in [4.78, 5) is 12.1. The number of aliphatic hydroxyl groups is 1. The molecule has 4 nitrogen and oxygen atoms in total. The van der Waals surface area contributed by atoms with Gasteiger partial charge >= 0.3 is 5.97 Å². The summed E-state index contributed by atoms with van der Waals surface area (Å²) in [5, 5.41) is 9.55. The maximum absolute atomic E-state index is 12.1. The highest BCUT2D eigenvalue weighted by Crippen LogP contribution is 2.12. The molecule has 0 aromatic heterocycles. The third kappa shape index (κ3) is 35.0. The number of carbonyl (C=O) groups excluding carboxylic acids is 1. The first-order chi connectivity index (χ1) is 21.2. The number of hydrogen-bond acceptors (Lipinski definition) is 4. The molecule has 0 radical (unpaired) electrons. The molecule has 4 heteroatoms. The van der Waals surface area contributed by atoms with Gasteiger partial charge < -0.3 is 14.6 Å². The molecular formula is C39H72O4. The number of ether oxygens (including phenoxy) is 2. The van der Waals surface area contributed by atoms with Gasteiger partial charge in [-0.05, 0) is 64.2 Å². The van der Waals surface area contributed by atoms with E-state index in [2.05, 4.69) is 50.3 Å². The molecule has 252 valence electrons. The molecule has 43 heavy (non-hydrogen) atoms. The van der Waals surface area contributed by atoms with Crippen molar-refractivity contribution in [2.24, 2.45) is 0 Å². The highest BCUT2D eigenvalue weighted by atomic mass is 16.6. The van der Waals surface area contributed by atoms with Crippen LogP contribution in [0, 0.1) is 0 Å². The predicted molar refractivity (Wildman–Crippen MR) is 187 cm³/mol. The Labute approximate surface area is 268 Å². The fourth-order valence-corrected chi connectivity index (χ4v) is 5.10. The minimum Gasteiger partial charge on any atom is -0.457 e. The minimum absolute atomic E-state index is 0.179. The van der Waals surface area contributed by atoms with Gasteiger partial charge in [-0.3, -0.25) is 4.79 Å². The van der Waals surface area contributed by atoms with Gasteiger partial charge in [0.1, 0.15) is 6.10 Å². The SMILES string of the molecule is CCCC/C=C\C/C=C\CCCCCCCCOCC(CO)OC(=O)CCCCCCC/C=C\CCCCCCCCC. The Hall–Kier alpha value is -1.39. The molecular weight excluding hydrogens is 532 g/mol. The second kappa shape index (κ2) is 36.8. The number of hydrogen-bond donors (Lipinski definition) is 1. The van der Waals surface area contributed by atoms with Crippen molar-refractivity contribution in [1.82, 2.24) is 0 Å². The van der Waals surface area contributed by atoms with Crippen LogP contribution in [0.3, 0.4) is 0 Å². The van der Waals surface area contributed by atoms with Gasteiger partial charge in [0.2, 0.25) is 0 Å². The van der Waals surface area contributed by atoms with Gasteiger partial charge in [-0.25, -0.2) is 0 Å². The highest BCUT2D eigenvalue weighted by molar-refractivity contribution is 5.69. The number of allylic oxidation sites excluding steroid dienone is 6. The minimum atomic E-state index is -0.541. The van der Waals surface area contributed by atoms with Crippen LogP contribution in [0.1, 0.15) is 181 Å². The lowest BCUT2D eigenvalue weighted by atomic mass is 10.1. The maximum atomic E-state index is 12.1. The van der Waals surface area contributed by atoms with Crippen molar-refractivity contribution >= 4 is 5.97 Å². The van der Waals surface area contributed by atoms with E-state index >= 15 is 0 Å². The van der Waals surface area contributed by atoms with Crippen molar-refractivity contribution in [2.75, 3.05) is 19.8 Å². The summed E-state index contributed by atoms with van der Waals surface area (Å²) in [6, 6.07) is 0. The standard InChI is InChI=1S/C39H72O4/c1-3-5-7-9-11-13-15-17-19-20-22-24-26-28-30-32-34-39(41)43-38(36-40)37-42-35-33-31-29-27-25-23-21-18-16-14-12-10-8-6-4-2/h10,12,16,18-20,38,40H,3-9,11,13-15,17,21-37H2,1-2H3/b12-10-,18-16-,20-19-. The number of carbonyl (C=O) groups is 1. The first kappa shape index (κ1) is 41.6. The molecule has 0 heterocycles. The number of aliphatic hydroxyl groups excluding tert-OH is 1. The van der Waals surface area contributed by atoms with E-state index < -0.39 is 6.10 Å². The Balaban J connectivity index is 3.47. The van der Waals surface area contributed by atoms with Gasteiger partial charge in [0.25, 0.3) is 0 Å². The molecule has 0 saturated heterocycles. The molecule has 1 atom stereocenters. The molecule has 0 aromatic rings. The second-order valence-electron chi connectivity index (χ2n) is 12.3. The van der Waals surface area contributed by atoms with Crippen LogP contribution < -0.4 is 0 Å². The molecule has 1 unspecified atom stereocenters. The van der Waals surface area contributed by atoms with Crippen molar-refractivity contribution in [3.63, 3.8) is 0 Å². The van der Waals surface area contributed by atoms with Crippen molar-refractivity contribution in [1.29, 1.82) is 0 Å². The smallest absolute Gasteiger partial charge is 0.306 e. The molecule has 0 aromatic carbocycles. The van der Waals surface area contributed by atoms with Crippen molar-refractivity contribution < 1.29 is 19.4 Å². The lowest BCUT2D eigenvalue weighted by Crippen LogP contribution is -2.27. The lowest BCUT2D eigenvalue weighted by molar-refractivity contribution is -0.154. The Morgan fingerprint density at radius 2 is 1.00 bits per heavy atom. The molecule has 0 spiro atoms. The summed E-state index contributed by atoms with van der Waals surface area (Å²) >= 11 is 0. The van der Waals surface area contributed by atoms with Crippen molar-refractivity contribution in [2.45, 2.75) is 187 Å². The van der Waals surface area contributed by atoms with Gasteiger partial charge in [-0.2, -0.15) is 0 Å². The zero-order chi connectivity index (χ0) is 31.3. The average Bonchev–Trinajstić information content (AvgIpc) is 3.01. The lowest BCUT2D eigenvalue weighted by Gasteiger charge is -2.15. The zero-order valence-electron chi connectivity index (χ0n) is 28.7. The fourth-order valence-electron chi connectivity index (χ4n) is 5.10. The summed E-state index contributed by atoms with van der Waals surface area (Å²) < 4.78 is 11.1. The van der Waals surface area contributed by atoms with E-state index in [1.54, 1.807) is 0 Å². The van der Waals surface area contributed by atoms with Crippen molar-refractivity contribution in [3.8, 4) is 0 Å². The summed E-state index contributed by atoms with van der Waals surface area (Å²) in [6.07, 6.45) is 44.6. The Kier molecular flexibility index (Phi) is 35.6. The summed E-state index contributed by atoms with van der Waals surface area (Å²) in [5.74, 6) is -0.214. The molecule has 1 N–H and O–H groups in total. The van der Waals surface area contributed by atoms with E-state index in [1.807, 2.05) is 0 Å². The number of unbranched alkanes of at least 4 members (excludes halogenated alkanes) is 20. The van der Waals surface area contributed by atoms with Crippen LogP contribution in [-0.4, -0.2) is 37.0 Å². The van der Waals surface area contributed by atoms with E-state index in [0.29, 0.717) is 13.0 Å². The van der Waals surface area contributed by atoms with E-state index in [-0.39, 0.29) is 19.2 Å². The van der Waals surface area contributed by atoms with E-state index in [0.717, 1.165) is 32.1 Å². The Morgan fingerprint density at radius 3 is 1.53 bits per heavy atom. The Bertz CT molecular complexity index is 639. The molecule has 0 aliphatic heterocycles. The van der Waals surface area contributed by atoms with Crippen LogP contribution in [0.5, 0.6) is 0 Å². The fraction of sp³-hybridized carbons (Fsp3) is 0.821. The Morgan fingerprint density at radius 1 is 0.558 bits per heavy atom. The number of rotatable bonds is 34. The molecule has 0 rings (SSSR count). The van der Waals surface area contributed by atoms with E-state index in [1.165, 1.54) is 128 Å². The predicted octanol–water partition coefficient (Wildman–Crippen LogP) is 11.8. The molecule has 0 saturated carbocycles. The van der Waals surface area contributed by atoms with Gasteiger partial charge in [0.05, 0.1) is 13.2 Å². The van der Waals surface area contributed by atoms with Crippen LogP contribution in [0.15, 0.2) is 36.5 Å². The quantitative estimate of drug-likeness (QED) is 0.0451. The van der Waals surface area contributed by atoms with E-state index in [4.69, 9.17) is 9.47 Å². The van der Waals surface area contributed by atoms with Crippen LogP contribution >= 0.6 is 0 Å². The van der Waals surface area contributed by atoms with Gasteiger partial charge in [0, 0.05) is 13.0 Å². The molecule has 0 amide bonds. The first-order valence-electron chi connectivity index (χ1n) is 18.6. The van der Waals surface area contributed by atoms with Crippen molar-refractivity contribution in [3.05, 3.63) is 36.5 Å². The molecule has 0 bridgehead atoms. The summed E-state index contributed by atoms with van der Waals surface area (Å²) in [6.45, 7) is 5.28. The highest BCUT2D eigenvalue weighted by Gasteiger charge is 2.13. The summed E-state index contributed by atoms with van der Waals surface area (Å²) in [7, 11) is 0. The summed E-state index contributed by atoms with van der Waals surface area (Å²) in [5.41, 5.74) is 0. The third-order valence-electron chi connectivity index (χ3n) is 7.94. The van der Waals surface area contributed by atoms with Gasteiger partial charge in [-0.1, -0.05) is 147 Å².